The summed E-state index contributed by atoms with van der Waals surface area (Å²) in [6, 6.07) is 11.8. The number of amides is 1. The van der Waals surface area contributed by atoms with Crippen molar-refractivity contribution in [3.05, 3.63) is 59.4 Å². The molecule has 5 nitrogen and oxygen atoms in total. The van der Waals surface area contributed by atoms with Gasteiger partial charge in [-0.15, -0.1) is 12.4 Å². The molecule has 1 saturated heterocycles. The van der Waals surface area contributed by atoms with Crippen molar-refractivity contribution < 1.29 is 18.7 Å². The fourth-order valence-electron chi connectivity index (χ4n) is 3.78. The Labute approximate surface area is 169 Å². The molecule has 0 radical (unpaired) electrons. The molecule has 150 valence electrons. The quantitative estimate of drug-likeness (QED) is 0.770. The van der Waals surface area contributed by atoms with Gasteiger partial charge in [-0.2, -0.15) is 0 Å². The Balaban J connectivity index is 0.00000225. The number of halogens is 2. The average Bonchev–Trinajstić information content (AvgIpc) is 3.04. The maximum Gasteiger partial charge on any atom is 0.254 e. The lowest BCUT2D eigenvalue weighted by Crippen LogP contribution is -2.53. The first-order valence-electron chi connectivity index (χ1n) is 9.33. The molecule has 1 aliphatic heterocycles. The lowest BCUT2D eigenvalue weighted by atomic mass is 9.76. The van der Waals surface area contributed by atoms with Crippen LogP contribution in [0.4, 0.5) is 4.39 Å². The van der Waals surface area contributed by atoms with Crippen molar-refractivity contribution in [3.8, 4) is 11.5 Å². The van der Waals surface area contributed by atoms with Gasteiger partial charge in [0.1, 0.15) is 17.3 Å². The van der Waals surface area contributed by atoms with E-state index in [0.29, 0.717) is 24.0 Å². The predicted molar refractivity (Wildman–Crippen MR) is 107 cm³/mol. The van der Waals surface area contributed by atoms with E-state index in [1.54, 1.807) is 0 Å². The summed E-state index contributed by atoms with van der Waals surface area (Å²) in [6.45, 7) is 1.33. The average molecular weight is 407 g/mol. The van der Waals surface area contributed by atoms with Crippen molar-refractivity contribution in [1.29, 1.82) is 0 Å². The monoisotopic (exact) mass is 406 g/mol. The number of fused-ring (bicyclic) bond motifs is 1. The second kappa shape index (κ2) is 8.90. The molecule has 1 amide bonds. The third kappa shape index (κ3) is 4.29. The molecule has 2 aromatic rings. The van der Waals surface area contributed by atoms with E-state index in [1.807, 2.05) is 24.3 Å². The molecule has 3 N–H and O–H groups in total. The predicted octanol–water partition coefficient (Wildman–Crippen LogP) is 3.45. The molecule has 4 rings (SSSR count). The van der Waals surface area contributed by atoms with Gasteiger partial charge in [-0.05, 0) is 61.7 Å². The standard InChI is InChI=1S/C21H23FN2O3.ClH/c22-18-6-5-15(27-14-3-1-13(2-4-14)7-9-23)11-17(18)21(25)24-19-12-20-16(19)8-10-26-20;/h1-6,11,16,19-20H,7-10,12,23H2,(H,24,25);1H/t16-,19+,20+;/m0./s1. The fourth-order valence-corrected chi connectivity index (χ4v) is 3.78. The highest BCUT2D eigenvalue weighted by Gasteiger charge is 2.45. The zero-order chi connectivity index (χ0) is 18.8. The Hall–Kier alpha value is -2.15. The van der Waals surface area contributed by atoms with Crippen LogP contribution in [0.5, 0.6) is 11.5 Å². The van der Waals surface area contributed by atoms with Gasteiger partial charge in [0.2, 0.25) is 0 Å². The Morgan fingerprint density at radius 3 is 2.68 bits per heavy atom. The van der Waals surface area contributed by atoms with E-state index in [-0.39, 0.29) is 30.1 Å². The van der Waals surface area contributed by atoms with Crippen molar-refractivity contribution in [2.75, 3.05) is 13.2 Å². The molecule has 0 spiro atoms. The van der Waals surface area contributed by atoms with Crippen LogP contribution >= 0.6 is 12.4 Å². The van der Waals surface area contributed by atoms with Gasteiger partial charge in [-0.3, -0.25) is 4.79 Å². The van der Waals surface area contributed by atoms with E-state index in [2.05, 4.69) is 5.32 Å². The molecular formula is C21H24ClFN2O3. The van der Waals surface area contributed by atoms with E-state index in [0.717, 1.165) is 31.4 Å². The first-order valence-corrected chi connectivity index (χ1v) is 9.33. The first kappa shape index (κ1) is 20.6. The Kier molecular flexibility index (Phi) is 6.54. The van der Waals surface area contributed by atoms with Gasteiger partial charge in [0.05, 0.1) is 11.7 Å². The molecule has 0 bridgehead atoms. The Morgan fingerprint density at radius 2 is 1.96 bits per heavy atom. The number of benzene rings is 2. The van der Waals surface area contributed by atoms with Crippen LogP contribution in [0.2, 0.25) is 0 Å². The molecule has 0 unspecified atom stereocenters. The van der Waals surface area contributed by atoms with Gasteiger partial charge in [0.15, 0.2) is 0 Å². The van der Waals surface area contributed by atoms with E-state index in [4.69, 9.17) is 15.2 Å². The van der Waals surface area contributed by atoms with Crippen molar-refractivity contribution in [3.63, 3.8) is 0 Å². The molecule has 1 saturated carbocycles. The highest BCUT2D eigenvalue weighted by Crippen LogP contribution is 2.38. The van der Waals surface area contributed by atoms with Crippen molar-refractivity contribution in [1.82, 2.24) is 5.32 Å². The van der Waals surface area contributed by atoms with E-state index in [9.17, 15) is 9.18 Å². The topological polar surface area (TPSA) is 73.6 Å². The number of carbonyl (C=O) groups is 1. The summed E-state index contributed by atoms with van der Waals surface area (Å²) in [6.07, 6.45) is 2.79. The molecule has 2 aliphatic rings. The minimum atomic E-state index is -0.559. The van der Waals surface area contributed by atoms with Gasteiger partial charge in [-0.1, -0.05) is 12.1 Å². The number of nitrogens with two attached hydrogens (primary N) is 1. The molecular weight excluding hydrogens is 383 g/mol. The number of nitrogens with one attached hydrogen (secondary N) is 1. The smallest absolute Gasteiger partial charge is 0.254 e. The minimum Gasteiger partial charge on any atom is -0.457 e. The Morgan fingerprint density at radius 1 is 1.21 bits per heavy atom. The third-order valence-electron chi connectivity index (χ3n) is 5.35. The molecule has 28 heavy (non-hydrogen) atoms. The lowest BCUT2D eigenvalue weighted by molar-refractivity contribution is 0.00804. The van der Waals surface area contributed by atoms with Gasteiger partial charge in [0.25, 0.3) is 5.91 Å². The minimum absolute atomic E-state index is 0. The number of carbonyl (C=O) groups excluding carboxylic acids is 1. The normalized spacial score (nSPS) is 22.6. The van der Waals surface area contributed by atoms with Gasteiger partial charge in [-0.25, -0.2) is 4.39 Å². The van der Waals surface area contributed by atoms with Crippen LogP contribution in [0, 0.1) is 11.7 Å². The molecule has 1 aliphatic carbocycles. The van der Waals surface area contributed by atoms with Gasteiger partial charge >= 0.3 is 0 Å². The fraction of sp³-hybridized carbons (Fsp3) is 0.381. The zero-order valence-electron chi connectivity index (χ0n) is 15.4. The van der Waals surface area contributed by atoms with Crippen LogP contribution in [-0.4, -0.2) is 31.2 Å². The molecule has 2 aromatic carbocycles. The lowest BCUT2D eigenvalue weighted by Gasteiger charge is -2.39. The summed E-state index contributed by atoms with van der Waals surface area (Å²) in [5.41, 5.74) is 6.67. The summed E-state index contributed by atoms with van der Waals surface area (Å²) in [5.74, 6) is 0.425. The van der Waals surface area contributed by atoms with Crippen LogP contribution in [0.1, 0.15) is 28.8 Å². The third-order valence-corrected chi connectivity index (χ3v) is 5.35. The maximum absolute atomic E-state index is 14.2. The van der Waals surface area contributed by atoms with Crippen LogP contribution in [-0.2, 0) is 11.2 Å². The maximum atomic E-state index is 14.2. The second-order valence-corrected chi connectivity index (χ2v) is 7.10. The molecule has 1 heterocycles. The van der Waals surface area contributed by atoms with E-state index >= 15 is 0 Å². The second-order valence-electron chi connectivity index (χ2n) is 7.10. The van der Waals surface area contributed by atoms with Gasteiger partial charge in [0, 0.05) is 18.6 Å². The molecule has 7 heteroatoms. The summed E-state index contributed by atoms with van der Waals surface area (Å²) in [5, 5.41) is 2.93. The van der Waals surface area contributed by atoms with E-state index < -0.39 is 11.7 Å². The highest BCUT2D eigenvalue weighted by atomic mass is 35.5. The van der Waals surface area contributed by atoms with Crippen LogP contribution in [0.15, 0.2) is 42.5 Å². The summed E-state index contributed by atoms with van der Waals surface area (Å²) < 4.78 is 25.5. The van der Waals surface area contributed by atoms with Crippen molar-refractivity contribution >= 4 is 18.3 Å². The molecule has 3 atom stereocenters. The first-order chi connectivity index (χ1) is 13.1. The van der Waals surface area contributed by atoms with Crippen LogP contribution in [0.25, 0.3) is 0 Å². The SMILES string of the molecule is Cl.NCCc1ccc(Oc2ccc(F)c(C(=O)N[C@@H]3C[C@H]4OCC[C@@H]34)c2)cc1. The number of rotatable bonds is 6. The zero-order valence-corrected chi connectivity index (χ0v) is 16.2. The van der Waals surface area contributed by atoms with E-state index in [1.165, 1.54) is 18.2 Å². The summed E-state index contributed by atoms with van der Waals surface area (Å²) in [4.78, 5) is 12.5. The summed E-state index contributed by atoms with van der Waals surface area (Å²) >= 11 is 0. The number of hydrogen-bond acceptors (Lipinski definition) is 4. The van der Waals surface area contributed by atoms with Crippen molar-refractivity contribution in [2.24, 2.45) is 11.7 Å². The van der Waals surface area contributed by atoms with Crippen LogP contribution in [0.3, 0.4) is 0 Å². The number of hydrogen-bond donors (Lipinski definition) is 2. The summed E-state index contributed by atoms with van der Waals surface area (Å²) in [7, 11) is 0. The Bertz CT molecular complexity index is 831. The van der Waals surface area contributed by atoms with Crippen molar-refractivity contribution in [2.45, 2.75) is 31.4 Å². The molecule has 2 fully saturated rings. The largest absolute Gasteiger partial charge is 0.457 e. The number of ether oxygens (including phenoxy) is 2. The highest BCUT2D eigenvalue weighted by molar-refractivity contribution is 5.95. The molecule has 0 aromatic heterocycles. The van der Waals surface area contributed by atoms with Crippen LogP contribution < -0.4 is 15.8 Å². The van der Waals surface area contributed by atoms with Gasteiger partial charge < -0.3 is 20.5 Å².